The molecule has 3 fully saturated rings. The van der Waals surface area contributed by atoms with Gasteiger partial charge in [0.05, 0.1) is 31.6 Å². The van der Waals surface area contributed by atoms with E-state index in [1.807, 2.05) is 12.1 Å². The standard InChI is InChI=1S/C20H31N3O4/c1-4-16(24-10-1)7-8-21-20(22-14-17-5-2-11-25-17)23-9-13-27-19(15-23)18-6-3-12-26-18/h1,4,10,17-19H,2-3,5-9,11-15H2,(H,21,22). The maximum Gasteiger partial charge on any atom is 0.194 e. The summed E-state index contributed by atoms with van der Waals surface area (Å²) in [5, 5.41) is 3.53. The van der Waals surface area contributed by atoms with Gasteiger partial charge in [-0.3, -0.25) is 4.99 Å². The molecule has 3 aliphatic rings. The third-order valence-electron chi connectivity index (χ3n) is 5.48. The Balaban J connectivity index is 1.36. The summed E-state index contributed by atoms with van der Waals surface area (Å²) >= 11 is 0. The second kappa shape index (κ2) is 9.57. The molecule has 0 aromatic carbocycles. The van der Waals surface area contributed by atoms with Crippen molar-refractivity contribution in [3.8, 4) is 0 Å². The molecule has 7 heteroatoms. The Labute approximate surface area is 161 Å². The van der Waals surface area contributed by atoms with Crippen LogP contribution in [0.4, 0.5) is 0 Å². The van der Waals surface area contributed by atoms with Gasteiger partial charge in [0.2, 0.25) is 0 Å². The van der Waals surface area contributed by atoms with Crippen molar-refractivity contribution in [3.05, 3.63) is 24.2 Å². The maximum absolute atomic E-state index is 5.99. The largest absolute Gasteiger partial charge is 0.469 e. The van der Waals surface area contributed by atoms with Gasteiger partial charge in [-0.05, 0) is 37.8 Å². The van der Waals surface area contributed by atoms with Crippen molar-refractivity contribution in [2.45, 2.75) is 50.4 Å². The summed E-state index contributed by atoms with van der Waals surface area (Å²) in [6.07, 6.45) is 7.61. The van der Waals surface area contributed by atoms with Crippen molar-refractivity contribution >= 4 is 5.96 Å². The molecule has 3 unspecified atom stereocenters. The van der Waals surface area contributed by atoms with Crippen LogP contribution in [0.1, 0.15) is 31.4 Å². The highest BCUT2D eigenvalue weighted by atomic mass is 16.5. The molecule has 4 heterocycles. The van der Waals surface area contributed by atoms with Gasteiger partial charge in [-0.15, -0.1) is 0 Å². The first-order valence-corrected chi connectivity index (χ1v) is 10.3. The van der Waals surface area contributed by atoms with E-state index in [2.05, 4.69) is 10.2 Å². The van der Waals surface area contributed by atoms with E-state index < -0.39 is 0 Å². The van der Waals surface area contributed by atoms with E-state index in [1.54, 1.807) is 6.26 Å². The molecule has 0 spiro atoms. The average molecular weight is 377 g/mol. The van der Waals surface area contributed by atoms with Gasteiger partial charge >= 0.3 is 0 Å². The summed E-state index contributed by atoms with van der Waals surface area (Å²) < 4.78 is 23.0. The molecule has 27 heavy (non-hydrogen) atoms. The molecule has 150 valence electrons. The van der Waals surface area contributed by atoms with Crippen molar-refractivity contribution in [1.82, 2.24) is 10.2 Å². The second-order valence-corrected chi connectivity index (χ2v) is 7.46. The summed E-state index contributed by atoms with van der Waals surface area (Å²) in [6, 6.07) is 3.93. The van der Waals surface area contributed by atoms with Crippen LogP contribution >= 0.6 is 0 Å². The number of hydrogen-bond donors (Lipinski definition) is 1. The van der Waals surface area contributed by atoms with Crippen LogP contribution in [-0.4, -0.2) is 75.2 Å². The molecule has 0 radical (unpaired) electrons. The molecule has 3 aliphatic heterocycles. The zero-order valence-corrected chi connectivity index (χ0v) is 16.0. The number of guanidine groups is 1. The lowest BCUT2D eigenvalue weighted by atomic mass is 10.1. The topological polar surface area (TPSA) is 68.5 Å². The number of furan rings is 1. The number of hydrogen-bond acceptors (Lipinski definition) is 5. The summed E-state index contributed by atoms with van der Waals surface area (Å²) in [7, 11) is 0. The van der Waals surface area contributed by atoms with E-state index in [4.69, 9.17) is 23.6 Å². The van der Waals surface area contributed by atoms with E-state index in [9.17, 15) is 0 Å². The number of ether oxygens (including phenoxy) is 3. The third-order valence-corrected chi connectivity index (χ3v) is 5.48. The molecule has 3 atom stereocenters. The summed E-state index contributed by atoms with van der Waals surface area (Å²) in [4.78, 5) is 7.20. The van der Waals surface area contributed by atoms with E-state index >= 15 is 0 Å². The highest BCUT2D eigenvalue weighted by Crippen LogP contribution is 2.21. The van der Waals surface area contributed by atoms with Gasteiger partial charge in [0.15, 0.2) is 5.96 Å². The predicted molar refractivity (Wildman–Crippen MR) is 102 cm³/mol. The Morgan fingerprint density at radius 3 is 2.78 bits per heavy atom. The van der Waals surface area contributed by atoms with Gasteiger partial charge in [0, 0.05) is 39.3 Å². The Kier molecular flexibility index (Phi) is 6.66. The Bertz CT molecular complexity index is 580. The van der Waals surface area contributed by atoms with E-state index in [0.717, 1.165) is 76.7 Å². The molecule has 1 aromatic rings. The fourth-order valence-electron chi connectivity index (χ4n) is 3.99. The third kappa shape index (κ3) is 5.24. The first-order chi connectivity index (χ1) is 13.4. The van der Waals surface area contributed by atoms with Gasteiger partial charge in [0.1, 0.15) is 11.9 Å². The van der Waals surface area contributed by atoms with Crippen LogP contribution in [0.2, 0.25) is 0 Å². The minimum atomic E-state index is 0.126. The van der Waals surface area contributed by atoms with Crippen LogP contribution in [0.3, 0.4) is 0 Å². The van der Waals surface area contributed by atoms with Crippen molar-refractivity contribution < 1.29 is 18.6 Å². The van der Waals surface area contributed by atoms with Gasteiger partial charge < -0.3 is 28.8 Å². The van der Waals surface area contributed by atoms with Gasteiger partial charge in [-0.25, -0.2) is 0 Å². The van der Waals surface area contributed by atoms with Gasteiger partial charge in [-0.2, -0.15) is 0 Å². The minimum absolute atomic E-state index is 0.126. The van der Waals surface area contributed by atoms with Crippen LogP contribution in [0, 0.1) is 0 Å². The van der Waals surface area contributed by atoms with Crippen LogP contribution in [0.15, 0.2) is 27.8 Å². The summed E-state index contributed by atoms with van der Waals surface area (Å²) in [6.45, 7) is 5.60. The lowest BCUT2D eigenvalue weighted by Crippen LogP contribution is -2.53. The van der Waals surface area contributed by atoms with Crippen LogP contribution in [0.5, 0.6) is 0 Å². The summed E-state index contributed by atoms with van der Waals surface area (Å²) in [5.74, 6) is 1.93. The second-order valence-electron chi connectivity index (χ2n) is 7.46. The first-order valence-electron chi connectivity index (χ1n) is 10.3. The predicted octanol–water partition coefficient (Wildman–Crippen LogP) is 1.83. The molecule has 7 nitrogen and oxygen atoms in total. The number of nitrogens with zero attached hydrogens (tertiary/aromatic N) is 2. The zero-order valence-electron chi connectivity index (χ0n) is 16.0. The average Bonchev–Trinajstić information content (AvgIpc) is 3.48. The molecule has 4 rings (SSSR count). The van der Waals surface area contributed by atoms with Gasteiger partial charge in [0.25, 0.3) is 0 Å². The quantitative estimate of drug-likeness (QED) is 0.603. The molecule has 1 N–H and O–H groups in total. The van der Waals surface area contributed by atoms with E-state index in [1.165, 1.54) is 0 Å². The molecule has 3 saturated heterocycles. The highest BCUT2D eigenvalue weighted by molar-refractivity contribution is 5.80. The Morgan fingerprint density at radius 2 is 2.00 bits per heavy atom. The summed E-state index contributed by atoms with van der Waals surface area (Å²) in [5.41, 5.74) is 0. The number of nitrogens with one attached hydrogen (secondary N) is 1. The Hall–Kier alpha value is -1.57. The smallest absolute Gasteiger partial charge is 0.194 e. The minimum Gasteiger partial charge on any atom is -0.469 e. The lowest BCUT2D eigenvalue weighted by molar-refractivity contribution is -0.0817. The van der Waals surface area contributed by atoms with Gasteiger partial charge in [-0.1, -0.05) is 0 Å². The van der Waals surface area contributed by atoms with Crippen molar-refractivity contribution in [3.63, 3.8) is 0 Å². The maximum atomic E-state index is 5.99. The first kappa shape index (κ1) is 18.8. The van der Waals surface area contributed by atoms with Crippen molar-refractivity contribution in [1.29, 1.82) is 0 Å². The molecule has 0 amide bonds. The number of aliphatic imine (C=N–C) groups is 1. The van der Waals surface area contributed by atoms with Crippen molar-refractivity contribution in [2.75, 3.05) is 46.0 Å². The van der Waals surface area contributed by atoms with Crippen LogP contribution in [-0.2, 0) is 20.6 Å². The zero-order chi connectivity index (χ0) is 18.3. The monoisotopic (exact) mass is 377 g/mol. The Morgan fingerprint density at radius 1 is 1.11 bits per heavy atom. The molecule has 0 saturated carbocycles. The highest BCUT2D eigenvalue weighted by Gasteiger charge is 2.32. The number of morpholine rings is 1. The number of rotatable bonds is 6. The molecule has 1 aromatic heterocycles. The van der Waals surface area contributed by atoms with E-state index in [-0.39, 0.29) is 18.3 Å². The molecule has 0 aliphatic carbocycles. The molecular formula is C20H31N3O4. The van der Waals surface area contributed by atoms with Crippen molar-refractivity contribution in [2.24, 2.45) is 4.99 Å². The SMILES string of the molecule is c1coc(CCNC(=NCC2CCCO2)N2CCOC(C3CCCO3)C2)c1. The van der Waals surface area contributed by atoms with Crippen LogP contribution < -0.4 is 5.32 Å². The van der Waals surface area contributed by atoms with Crippen LogP contribution in [0.25, 0.3) is 0 Å². The fourth-order valence-corrected chi connectivity index (χ4v) is 3.99. The van der Waals surface area contributed by atoms with E-state index in [0.29, 0.717) is 13.2 Å². The molecule has 0 bridgehead atoms. The fraction of sp³-hybridized carbons (Fsp3) is 0.750. The molecular weight excluding hydrogens is 346 g/mol. The normalized spacial score (nSPS) is 29.4. The lowest BCUT2D eigenvalue weighted by Gasteiger charge is -2.37.